The maximum atomic E-state index is 13.1. The normalized spacial score (nSPS) is 17.7. The summed E-state index contributed by atoms with van der Waals surface area (Å²) in [6, 6.07) is 14.1. The number of nitrogens with zero attached hydrogens (tertiary/aromatic N) is 1. The Labute approximate surface area is 160 Å². The van der Waals surface area contributed by atoms with Crippen LogP contribution in [0.25, 0.3) is 0 Å². The molecular weight excluding hydrogens is 343 g/mol. The van der Waals surface area contributed by atoms with Gasteiger partial charge in [-0.3, -0.25) is 9.69 Å². The fraction of sp³-hybridized carbons (Fsp3) is 0.409. The molecule has 0 radical (unpaired) electrons. The zero-order valence-corrected chi connectivity index (χ0v) is 16.0. The first kappa shape index (κ1) is 19.4. The Balaban J connectivity index is 1.57. The molecule has 1 unspecified atom stereocenters. The molecule has 144 valence electrons. The van der Waals surface area contributed by atoms with Gasteiger partial charge in [0.05, 0.1) is 12.0 Å². The molecule has 1 atom stereocenters. The molecule has 1 aliphatic rings. The number of ether oxygens (including phenoxy) is 1. The van der Waals surface area contributed by atoms with Crippen molar-refractivity contribution in [3.05, 3.63) is 59.9 Å². The number of anilines is 1. The fourth-order valence-electron chi connectivity index (χ4n) is 3.42. The number of benzene rings is 2. The Hall–Kier alpha value is -2.40. The second-order valence-corrected chi connectivity index (χ2v) is 7.38. The molecule has 2 aromatic rings. The van der Waals surface area contributed by atoms with E-state index in [2.05, 4.69) is 10.2 Å². The Morgan fingerprint density at radius 1 is 1.26 bits per heavy atom. The van der Waals surface area contributed by atoms with Gasteiger partial charge in [-0.1, -0.05) is 18.2 Å². The van der Waals surface area contributed by atoms with Crippen molar-refractivity contribution < 1.29 is 13.9 Å². The lowest BCUT2D eigenvalue weighted by Gasteiger charge is -2.32. The molecule has 1 saturated heterocycles. The van der Waals surface area contributed by atoms with Crippen LogP contribution in [0.15, 0.2) is 48.5 Å². The van der Waals surface area contributed by atoms with Crippen molar-refractivity contribution >= 4 is 11.6 Å². The smallest absolute Gasteiger partial charge is 0.228 e. The Morgan fingerprint density at radius 3 is 2.78 bits per heavy atom. The summed E-state index contributed by atoms with van der Waals surface area (Å²) >= 11 is 0. The molecule has 1 fully saturated rings. The minimum atomic E-state index is -0.224. The molecule has 1 heterocycles. The average Bonchev–Trinajstić information content (AvgIpc) is 2.64. The van der Waals surface area contributed by atoms with Crippen molar-refractivity contribution in [2.45, 2.75) is 39.3 Å². The molecule has 0 spiro atoms. The summed E-state index contributed by atoms with van der Waals surface area (Å²) in [5.41, 5.74) is 1.82. The number of nitrogens with one attached hydrogen (secondary N) is 1. The van der Waals surface area contributed by atoms with E-state index in [1.807, 2.05) is 38.1 Å². The van der Waals surface area contributed by atoms with Gasteiger partial charge in [-0.15, -0.1) is 0 Å². The van der Waals surface area contributed by atoms with E-state index in [9.17, 15) is 9.18 Å². The highest BCUT2D eigenvalue weighted by Crippen LogP contribution is 2.23. The standard InChI is InChI=1S/C22H27FN2O2/c1-16(2)27-21-7-3-6-20(13-21)24-22(26)18-5-4-12-25(15-18)14-17-8-10-19(23)11-9-17/h3,6-11,13,16,18H,4-5,12,14-15H2,1-2H3,(H,24,26). The van der Waals surface area contributed by atoms with Crippen molar-refractivity contribution in [1.82, 2.24) is 4.90 Å². The van der Waals surface area contributed by atoms with Gasteiger partial charge >= 0.3 is 0 Å². The van der Waals surface area contributed by atoms with Crippen molar-refractivity contribution in [3.63, 3.8) is 0 Å². The summed E-state index contributed by atoms with van der Waals surface area (Å²) in [6.07, 6.45) is 1.96. The lowest BCUT2D eigenvalue weighted by molar-refractivity contribution is -0.121. The van der Waals surface area contributed by atoms with E-state index in [-0.39, 0.29) is 23.7 Å². The highest BCUT2D eigenvalue weighted by Gasteiger charge is 2.26. The molecule has 3 rings (SSSR count). The van der Waals surface area contributed by atoms with E-state index in [0.717, 1.165) is 42.9 Å². The zero-order chi connectivity index (χ0) is 19.2. The lowest BCUT2D eigenvalue weighted by Crippen LogP contribution is -2.40. The average molecular weight is 370 g/mol. The van der Waals surface area contributed by atoms with Crippen molar-refractivity contribution in [2.75, 3.05) is 18.4 Å². The summed E-state index contributed by atoms with van der Waals surface area (Å²) in [6.45, 7) is 6.36. The van der Waals surface area contributed by atoms with Gasteiger partial charge in [0.2, 0.25) is 5.91 Å². The summed E-state index contributed by atoms with van der Waals surface area (Å²) in [5.74, 6) is 0.525. The lowest BCUT2D eigenvalue weighted by atomic mass is 9.96. The molecule has 0 saturated carbocycles. The summed E-state index contributed by atoms with van der Waals surface area (Å²) in [7, 11) is 0. The molecule has 1 N–H and O–H groups in total. The number of halogens is 1. The van der Waals surface area contributed by atoms with Gasteiger partial charge < -0.3 is 10.1 Å². The molecule has 1 aliphatic heterocycles. The van der Waals surface area contributed by atoms with Crippen molar-refractivity contribution in [1.29, 1.82) is 0 Å². The van der Waals surface area contributed by atoms with Crippen molar-refractivity contribution in [3.8, 4) is 5.75 Å². The number of hydrogen-bond donors (Lipinski definition) is 1. The van der Waals surface area contributed by atoms with Crippen LogP contribution in [0.2, 0.25) is 0 Å². The van der Waals surface area contributed by atoms with Gasteiger partial charge in [-0.05, 0) is 63.1 Å². The molecule has 0 aliphatic carbocycles. The minimum absolute atomic E-state index is 0.0421. The van der Waals surface area contributed by atoms with Crippen LogP contribution in [0.5, 0.6) is 5.75 Å². The highest BCUT2D eigenvalue weighted by molar-refractivity contribution is 5.92. The largest absolute Gasteiger partial charge is 0.491 e. The Morgan fingerprint density at radius 2 is 2.04 bits per heavy atom. The maximum Gasteiger partial charge on any atom is 0.228 e. The van der Waals surface area contributed by atoms with Gasteiger partial charge in [0.25, 0.3) is 0 Å². The van der Waals surface area contributed by atoms with Gasteiger partial charge in [0.1, 0.15) is 11.6 Å². The molecular formula is C22H27FN2O2. The number of piperidine rings is 1. The van der Waals surface area contributed by atoms with E-state index < -0.39 is 0 Å². The van der Waals surface area contributed by atoms with Gasteiger partial charge in [-0.25, -0.2) is 4.39 Å². The summed E-state index contributed by atoms with van der Waals surface area (Å²) < 4.78 is 18.8. The van der Waals surface area contributed by atoms with Crippen LogP contribution in [0, 0.1) is 11.7 Å². The maximum absolute atomic E-state index is 13.1. The molecule has 5 heteroatoms. The van der Waals surface area contributed by atoms with Crippen LogP contribution in [0.4, 0.5) is 10.1 Å². The topological polar surface area (TPSA) is 41.6 Å². The van der Waals surface area contributed by atoms with E-state index in [1.54, 1.807) is 12.1 Å². The molecule has 0 aromatic heterocycles. The van der Waals surface area contributed by atoms with Crippen molar-refractivity contribution in [2.24, 2.45) is 5.92 Å². The Kier molecular flexibility index (Phi) is 6.45. The van der Waals surface area contributed by atoms with Crippen LogP contribution in [-0.4, -0.2) is 30.0 Å². The minimum Gasteiger partial charge on any atom is -0.491 e. The number of amides is 1. The predicted octanol–water partition coefficient (Wildman–Crippen LogP) is 4.46. The second-order valence-electron chi connectivity index (χ2n) is 7.38. The number of hydrogen-bond acceptors (Lipinski definition) is 3. The van der Waals surface area contributed by atoms with Gasteiger partial charge in [-0.2, -0.15) is 0 Å². The predicted molar refractivity (Wildman–Crippen MR) is 105 cm³/mol. The number of carbonyl (C=O) groups excluding carboxylic acids is 1. The summed E-state index contributed by atoms with van der Waals surface area (Å²) in [5, 5.41) is 3.02. The third-order valence-corrected chi connectivity index (χ3v) is 4.67. The van der Waals surface area contributed by atoms with Gasteiger partial charge in [0.15, 0.2) is 0 Å². The fourth-order valence-corrected chi connectivity index (χ4v) is 3.42. The number of likely N-dealkylation sites (tertiary alicyclic amines) is 1. The van der Waals surface area contributed by atoms with Crippen LogP contribution >= 0.6 is 0 Å². The molecule has 27 heavy (non-hydrogen) atoms. The van der Waals surface area contributed by atoms with E-state index in [0.29, 0.717) is 6.54 Å². The quantitative estimate of drug-likeness (QED) is 0.816. The molecule has 4 nitrogen and oxygen atoms in total. The number of rotatable bonds is 6. The second kappa shape index (κ2) is 9.00. The first-order valence-electron chi connectivity index (χ1n) is 9.54. The highest BCUT2D eigenvalue weighted by atomic mass is 19.1. The van der Waals surface area contributed by atoms with Crippen LogP contribution < -0.4 is 10.1 Å². The SMILES string of the molecule is CC(C)Oc1cccc(NC(=O)C2CCCN(Cc3ccc(F)cc3)C2)c1. The first-order valence-corrected chi connectivity index (χ1v) is 9.54. The van der Waals surface area contributed by atoms with Crippen LogP contribution in [0.3, 0.4) is 0 Å². The van der Waals surface area contributed by atoms with Crippen LogP contribution in [-0.2, 0) is 11.3 Å². The molecule has 1 amide bonds. The first-order chi connectivity index (χ1) is 13.0. The van der Waals surface area contributed by atoms with E-state index >= 15 is 0 Å². The van der Waals surface area contributed by atoms with Gasteiger partial charge in [0, 0.05) is 24.8 Å². The third kappa shape index (κ3) is 5.79. The molecule has 2 aromatic carbocycles. The van der Waals surface area contributed by atoms with E-state index in [1.165, 1.54) is 12.1 Å². The third-order valence-electron chi connectivity index (χ3n) is 4.67. The molecule has 0 bridgehead atoms. The Bertz CT molecular complexity index is 761. The van der Waals surface area contributed by atoms with Crippen LogP contribution in [0.1, 0.15) is 32.3 Å². The van der Waals surface area contributed by atoms with E-state index in [4.69, 9.17) is 4.74 Å². The zero-order valence-electron chi connectivity index (χ0n) is 16.0. The monoisotopic (exact) mass is 370 g/mol. The number of carbonyl (C=O) groups is 1. The summed E-state index contributed by atoms with van der Waals surface area (Å²) in [4.78, 5) is 15.0.